The molecule has 1 aliphatic heterocycles. The minimum atomic E-state index is -3.48. The summed E-state index contributed by atoms with van der Waals surface area (Å²) in [5, 5.41) is 26.4. The molecule has 1 aliphatic rings. The van der Waals surface area contributed by atoms with Crippen LogP contribution in [-0.4, -0.2) is 70.0 Å². The van der Waals surface area contributed by atoms with Gasteiger partial charge in [0.1, 0.15) is 17.6 Å². The predicted octanol–water partition coefficient (Wildman–Crippen LogP) is 3.02. The number of carbonyl (C=O) groups is 3. The minimum absolute atomic E-state index is 0.0253. The summed E-state index contributed by atoms with van der Waals surface area (Å²) >= 11 is 0. The van der Waals surface area contributed by atoms with Crippen LogP contribution in [-0.2, 0) is 16.0 Å². The number of amides is 3. The summed E-state index contributed by atoms with van der Waals surface area (Å²) in [4.78, 5) is 40.4. The number of nitrogens with one attached hydrogen (secondary N) is 2. The third-order valence-corrected chi connectivity index (χ3v) is 7.32. The van der Waals surface area contributed by atoms with Crippen LogP contribution in [0.1, 0.15) is 40.9 Å². The van der Waals surface area contributed by atoms with Gasteiger partial charge in [0.2, 0.25) is 5.91 Å². The second-order valence-corrected chi connectivity index (χ2v) is 10.6. The zero-order valence-corrected chi connectivity index (χ0v) is 22.8. The Hall–Kier alpha value is -3.86. The fourth-order valence-corrected chi connectivity index (χ4v) is 4.87. The van der Waals surface area contributed by atoms with E-state index in [0.717, 1.165) is 19.9 Å². The summed E-state index contributed by atoms with van der Waals surface area (Å²) in [6.07, 6.45) is -0.964. The lowest BCUT2D eigenvalue weighted by atomic mass is 9.81. The molecular formula is C29H34F3N3O5. The number of aromatic hydroxyl groups is 1. The SMILES string of the molecule is C=CCNC(=O)[C@H]1N(C(=O)[C@@H](O)C(Cc2cccc(F)c2)NC(=O)c2cc(C)cc(O)c2C)CC(F)(F)C1(C)C. The average Bonchev–Trinajstić information content (AvgIpc) is 3.06. The lowest BCUT2D eigenvalue weighted by Gasteiger charge is -2.34. The highest BCUT2D eigenvalue weighted by Gasteiger charge is 2.64. The molecule has 3 amide bonds. The van der Waals surface area contributed by atoms with Crippen LogP contribution in [0.5, 0.6) is 5.75 Å². The van der Waals surface area contributed by atoms with Crippen molar-refractivity contribution >= 4 is 17.7 Å². The molecule has 0 bridgehead atoms. The number of halogens is 3. The van der Waals surface area contributed by atoms with E-state index in [9.17, 15) is 29.0 Å². The molecule has 1 saturated heterocycles. The zero-order valence-electron chi connectivity index (χ0n) is 22.8. The van der Waals surface area contributed by atoms with E-state index >= 15 is 8.78 Å². The number of phenolic OH excluding ortho intramolecular Hbond substituents is 1. The largest absolute Gasteiger partial charge is 0.508 e. The van der Waals surface area contributed by atoms with Gasteiger partial charge in [-0.1, -0.05) is 32.1 Å². The quantitative estimate of drug-likeness (QED) is 0.351. The van der Waals surface area contributed by atoms with E-state index in [4.69, 9.17) is 0 Å². The molecule has 0 radical (unpaired) electrons. The highest BCUT2D eigenvalue weighted by atomic mass is 19.3. The van der Waals surface area contributed by atoms with Gasteiger partial charge in [0.05, 0.1) is 18.0 Å². The number of benzene rings is 2. The van der Waals surface area contributed by atoms with E-state index in [0.29, 0.717) is 16.0 Å². The van der Waals surface area contributed by atoms with Gasteiger partial charge in [-0.05, 0) is 55.7 Å². The first-order valence-corrected chi connectivity index (χ1v) is 12.7. The Balaban J connectivity index is 1.99. The van der Waals surface area contributed by atoms with Crippen LogP contribution in [0.2, 0.25) is 0 Å². The van der Waals surface area contributed by atoms with Crippen molar-refractivity contribution in [1.82, 2.24) is 15.5 Å². The molecule has 4 N–H and O–H groups in total. The number of rotatable bonds is 9. The van der Waals surface area contributed by atoms with Crippen molar-refractivity contribution in [1.29, 1.82) is 0 Å². The number of aliphatic hydroxyl groups excluding tert-OH is 1. The second kappa shape index (κ2) is 11.7. The van der Waals surface area contributed by atoms with Gasteiger partial charge in [-0.25, -0.2) is 13.2 Å². The average molecular weight is 562 g/mol. The van der Waals surface area contributed by atoms with Crippen LogP contribution in [0.25, 0.3) is 0 Å². The van der Waals surface area contributed by atoms with Crippen molar-refractivity contribution in [2.75, 3.05) is 13.1 Å². The van der Waals surface area contributed by atoms with Gasteiger partial charge in [0, 0.05) is 17.7 Å². The Bertz CT molecular complexity index is 1310. The molecule has 11 heteroatoms. The van der Waals surface area contributed by atoms with Crippen LogP contribution in [0.15, 0.2) is 49.1 Å². The fraction of sp³-hybridized carbons (Fsp3) is 0.414. The number of likely N-dealkylation sites (tertiary alicyclic amines) is 1. The fourth-order valence-electron chi connectivity index (χ4n) is 4.87. The van der Waals surface area contributed by atoms with Crippen LogP contribution in [0.4, 0.5) is 13.2 Å². The van der Waals surface area contributed by atoms with E-state index in [2.05, 4.69) is 17.2 Å². The summed E-state index contributed by atoms with van der Waals surface area (Å²) in [5.74, 6) is -7.01. The van der Waals surface area contributed by atoms with Crippen molar-refractivity contribution in [3.63, 3.8) is 0 Å². The Morgan fingerprint density at radius 1 is 1.20 bits per heavy atom. The molecule has 1 heterocycles. The number of hydrogen-bond donors (Lipinski definition) is 4. The Labute approximate surface area is 230 Å². The van der Waals surface area contributed by atoms with Crippen LogP contribution >= 0.6 is 0 Å². The molecule has 0 saturated carbocycles. The number of carbonyl (C=O) groups excluding carboxylic acids is 3. The second-order valence-electron chi connectivity index (χ2n) is 10.6. The standard InChI is InChI=1S/C29H34F3N3O5/c1-6-10-33-26(39)24-28(4,5)29(31,32)15-35(24)27(40)23(37)21(14-18-8-7-9-19(30)13-18)34-25(38)20-11-16(2)12-22(36)17(20)3/h6-9,11-13,21,23-24,36-37H,1,10,14-15H2,2-5H3,(H,33,39)(H,34,38)/t21?,23-,24+/m0/s1. The van der Waals surface area contributed by atoms with Crippen LogP contribution < -0.4 is 10.6 Å². The predicted molar refractivity (Wildman–Crippen MR) is 142 cm³/mol. The first-order valence-electron chi connectivity index (χ1n) is 12.7. The first-order chi connectivity index (χ1) is 18.6. The molecule has 40 heavy (non-hydrogen) atoms. The Morgan fingerprint density at radius 2 is 1.88 bits per heavy atom. The van der Waals surface area contributed by atoms with E-state index in [1.165, 1.54) is 43.3 Å². The molecule has 0 spiro atoms. The molecule has 8 nitrogen and oxygen atoms in total. The molecular weight excluding hydrogens is 527 g/mol. The highest BCUT2D eigenvalue weighted by molar-refractivity contribution is 5.97. The van der Waals surface area contributed by atoms with Gasteiger partial charge in [-0.3, -0.25) is 14.4 Å². The maximum absolute atomic E-state index is 15.1. The van der Waals surface area contributed by atoms with Gasteiger partial charge < -0.3 is 25.7 Å². The Morgan fingerprint density at radius 3 is 2.50 bits per heavy atom. The van der Waals surface area contributed by atoms with E-state index in [-0.39, 0.29) is 29.8 Å². The molecule has 2 aromatic rings. The maximum Gasteiger partial charge on any atom is 0.272 e. The van der Waals surface area contributed by atoms with Crippen molar-refractivity contribution in [2.45, 2.75) is 58.2 Å². The summed E-state index contributed by atoms with van der Waals surface area (Å²) in [6, 6.07) is 5.19. The third-order valence-electron chi connectivity index (χ3n) is 7.32. The number of hydrogen-bond acceptors (Lipinski definition) is 5. The minimum Gasteiger partial charge on any atom is -0.508 e. The normalized spacial score (nSPS) is 19.0. The number of phenols is 1. The zero-order chi connectivity index (χ0) is 30.0. The van der Waals surface area contributed by atoms with Crippen LogP contribution in [0, 0.1) is 25.1 Å². The topological polar surface area (TPSA) is 119 Å². The molecule has 3 atom stereocenters. The van der Waals surface area contributed by atoms with Crippen LogP contribution in [0.3, 0.4) is 0 Å². The molecule has 0 aliphatic carbocycles. The van der Waals surface area contributed by atoms with Gasteiger partial charge in [-0.15, -0.1) is 6.58 Å². The first kappa shape index (κ1) is 30.7. The lowest BCUT2D eigenvalue weighted by molar-refractivity contribution is -0.148. The van der Waals surface area contributed by atoms with E-state index < -0.39 is 59.6 Å². The van der Waals surface area contributed by atoms with Crippen molar-refractivity contribution in [2.24, 2.45) is 5.41 Å². The molecule has 216 valence electrons. The summed E-state index contributed by atoms with van der Waals surface area (Å²) in [6.45, 7) is 7.80. The highest BCUT2D eigenvalue weighted by Crippen LogP contribution is 2.48. The van der Waals surface area contributed by atoms with E-state index in [1.807, 2.05) is 0 Å². The summed E-state index contributed by atoms with van der Waals surface area (Å²) in [5.41, 5.74) is -0.787. The third kappa shape index (κ3) is 6.14. The number of aliphatic hydroxyl groups is 1. The molecule has 1 fully saturated rings. The van der Waals surface area contributed by atoms with E-state index in [1.54, 1.807) is 6.92 Å². The molecule has 0 aromatic heterocycles. The van der Waals surface area contributed by atoms with Gasteiger partial charge in [-0.2, -0.15) is 0 Å². The lowest BCUT2D eigenvalue weighted by Crippen LogP contribution is -2.57. The van der Waals surface area contributed by atoms with Crippen molar-refractivity contribution < 1.29 is 37.8 Å². The number of aryl methyl sites for hydroxylation is 1. The smallest absolute Gasteiger partial charge is 0.272 e. The van der Waals surface area contributed by atoms with Gasteiger partial charge in [0.25, 0.3) is 17.7 Å². The Kier molecular flexibility index (Phi) is 8.98. The molecule has 2 aromatic carbocycles. The number of nitrogens with zero attached hydrogens (tertiary/aromatic N) is 1. The number of alkyl halides is 2. The monoisotopic (exact) mass is 561 g/mol. The summed E-state index contributed by atoms with van der Waals surface area (Å²) in [7, 11) is 0. The maximum atomic E-state index is 15.1. The van der Waals surface area contributed by atoms with Crippen molar-refractivity contribution in [3.05, 3.63) is 77.1 Å². The summed E-state index contributed by atoms with van der Waals surface area (Å²) < 4.78 is 44.0. The molecule has 3 rings (SSSR count). The molecule has 1 unspecified atom stereocenters. The van der Waals surface area contributed by atoms with Gasteiger partial charge in [0.15, 0.2) is 6.10 Å². The van der Waals surface area contributed by atoms with Crippen molar-refractivity contribution in [3.8, 4) is 5.75 Å². The van der Waals surface area contributed by atoms with Gasteiger partial charge >= 0.3 is 0 Å².